The third-order valence-corrected chi connectivity index (χ3v) is 6.88. The van der Waals surface area contributed by atoms with E-state index in [0.29, 0.717) is 10.0 Å². The van der Waals surface area contributed by atoms with E-state index >= 15 is 0 Å². The predicted molar refractivity (Wildman–Crippen MR) is 135 cm³/mol. The average Bonchev–Trinajstić information content (AvgIpc) is 3.18. The van der Waals surface area contributed by atoms with Gasteiger partial charge >= 0.3 is 6.09 Å². The first-order valence-electron chi connectivity index (χ1n) is 11.1. The number of aromatic nitrogens is 2. The van der Waals surface area contributed by atoms with Crippen LogP contribution >= 0.6 is 23.2 Å². The number of halogens is 2. The molecule has 1 amide bonds. The van der Waals surface area contributed by atoms with E-state index in [1.165, 1.54) is 0 Å². The summed E-state index contributed by atoms with van der Waals surface area (Å²) < 4.78 is 7.56. The maximum absolute atomic E-state index is 12.3. The van der Waals surface area contributed by atoms with Crippen LogP contribution in [-0.4, -0.2) is 39.7 Å². The van der Waals surface area contributed by atoms with Crippen LogP contribution in [0.3, 0.4) is 0 Å². The number of alkyl carbamates (subject to hydrolysis) is 1. The second kappa shape index (κ2) is 8.73. The van der Waals surface area contributed by atoms with Gasteiger partial charge in [-0.25, -0.2) is 9.78 Å². The first-order valence-corrected chi connectivity index (χ1v) is 11.9. The Labute approximate surface area is 204 Å². The van der Waals surface area contributed by atoms with Gasteiger partial charge in [0, 0.05) is 42.1 Å². The van der Waals surface area contributed by atoms with E-state index in [-0.39, 0.29) is 11.6 Å². The van der Waals surface area contributed by atoms with E-state index in [1.807, 2.05) is 39.1 Å². The van der Waals surface area contributed by atoms with E-state index in [2.05, 4.69) is 39.5 Å². The molecule has 2 aromatic heterocycles. The molecule has 0 aliphatic carbocycles. The van der Waals surface area contributed by atoms with Gasteiger partial charge in [-0.1, -0.05) is 35.3 Å². The molecule has 176 valence electrons. The topological polar surface area (TPSA) is 58.9 Å². The molecule has 0 saturated carbocycles. The number of nitrogens with one attached hydrogen (secondary N) is 1. The van der Waals surface area contributed by atoms with Crippen molar-refractivity contribution in [3.8, 4) is 11.1 Å². The minimum absolute atomic E-state index is 0.309. The van der Waals surface area contributed by atoms with Crippen molar-refractivity contribution >= 4 is 40.8 Å². The molecule has 1 aromatic carbocycles. The summed E-state index contributed by atoms with van der Waals surface area (Å²) in [5.41, 5.74) is 2.94. The number of hydrogen-bond acceptors (Lipinski definition) is 4. The van der Waals surface area contributed by atoms with Crippen molar-refractivity contribution in [2.45, 2.75) is 58.6 Å². The normalized spacial score (nSPS) is 16.2. The van der Waals surface area contributed by atoms with E-state index in [1.54, 1.807) is 12.3 Å². The minimum atomic E-state index is -0.515. The first-order chi connectivity index (χ1) is 15.5. The zero-order valence-corrected chi connectivity index (χ0v) is 21.2. The number of aryl methyl sites for hydroxylation is 1. The summed E-state index contributed by atoms with van der Waals surface area (Å²) in [4.78, 5) is 19.3. The lowest BCUT2D eigenvalue weighted by Gasteiger charge is -2.41. The molecular formula is C25H30Cl2N4O2. The van der Waals surface area contributed by atoms with Crippen LogP contribution in [-0.2, 0) is 4.74 Å². The van der Waals surface area contributed by atoms with Crippen molar-refractivity contribution in [2.24, 2.45) is 0 Å². The highest BCUT2D eigenvalue weighted by atomic mass is 35.5. The monoisotopic (exact) mass is 488 g/mol. The highest BCUT2D eigenvalue weighted by Crippen LogP contribution is 2.39. The number of carbonyl (C=O) groups is 1. The molecule has 1 N–H and O–H groups in total. The van der Waals surface area contributed by atoms with Gasteiger partial charge in [0.1, 0.15) is 17.1 Å². The van der Waals surface area contributed by atoms with Gasteiger partial charge in [0.25, 0.3) is 0 Å². The van der Waals surface area contributed by atoms with E-state index in [0.717, 1.165) is 54.1 Å². The summed E-state index contributed by atoms with van der Waals surface area (Å²) in [6, 6.07) is 7.83. The van der Waals surface area contributed by atoms with Gasteiger partial charge < -0.3 is 15.0 Å². The Morgan fingerprint density at radius 3 is 2.58 bits per heavy atom. The summed E-state index contributed by atoms with van der Waals surface area (Å²) in [6.07, 6.45) is 5.03. The molecule has 4 rings (SSSR count). The highest BCUT2D eigenvalue weighted by molar-refractivity contribution is 6.43. The molecule has 1 aliphatic heterocycles. The fourth-order valence-corrected chi connectivity index (χ4v) is 4.76. The van der Waals surface area contributed by atoms with Crippen LogP contribution in [0.15, 0.2) is 36.7 Å². The molecular weight excluding hydrogens is 459 g/mol. The Bertz CT molecular complexity index is 1190. The van der Waals surface area contributed by atoms with Crippen molar-refractivity contribution in [1.29, 1.82) is 0 Å². The van der Waals surface area contributed by atoms with Crippen molar-refractivity contribution in [1.82, 2.24) is 14.7 Å². The average molecular weight is 489 g/mol. The zero-order chi connectivity index (χ0) is 24.0. The first kappa shape index (κ1) is 23.7. The number of rotatable bonds is 3. The quantitative estimate of drug-likeness (QED) is 0.456. The van der Waals surface area contributed by atoms with Crippen molar-refractivity contribution in [3.63, 3.8) is 0 Å². The largest absolute Gasteiger partial charge is 0.444 e. The Balaban J connectivity index is 1.59. The lowest BCUT2D eigenvalue weighted by atomic mass is 9.89. The van der Waals surface area contributed by atoms with E-state index in [9.17, 15) is 4.79 Å². The van der Waals surface area contributed by atoms with Gasteiger partial charge in [0.05, 0.1) is 10.0 Å². The Kier molecular flexibility index (Phi) is 6.27. The molecule has 1 fully saturated rings. The van der Waals surface area contributed by atoms with Gasteiger partial charge in [-0.15, -0.1) is 0 Å². The number of anilines is 1. The number of carbonyl (C=O) groups excluding carboxylic acids is 1. The molecule has 0 bridgehead atoms. The SMILES string of the molecule is Cc1cc(N2CCC(C)(NC(=O)OC(C)(C)C)CC2)n2ccnc2c1-c1cccc(Cl)c1Cl. The third kappa shape index (κ3) is 4.92. The Morgan fingerprint density at radius 1 is 1.21 bits per heavy atom. The van der Waals surface area contributed by atoms with Crippen molar-refractivity contribution < 1.29 is 9.53 Å². The lowest BCUT2D eigenvalue weighted by molar-refractivity contribution is 0.0448. The van der Waals surface area contributed by atoms with Crippen LogP contribution in [0.25, 0.3) is 16.8 Å². The fraction of sp³-hybridized carbons (Fsp3) is 0.440. The predicted octanol–water partition coefficient (Wildman–Crippen LogP) is 6.50. The molecule has 0 atom stereocenters. The molecule has 6 nitrogen and oxygen atoms in total. The number of nitrogens with zero attached hydrogens (tertiary/aromatic N) is 3. The number of benzene rings is 1. The molecule has 3 heterocycles. The van der Waals surface area contributed by atoms with E-state index in [4.69, 9.17) is 27.9 Å². The molecule has 3 aromatic rings. The molecule has 1 aliphatic rings. The van der Waals surface area contributed by atoms with Gasteiger partial charge in [-0.3, -0.25) is 4.40 Å². The van der Waals surface area contributed by atoms with Crippen molar-refractivity contribution in [2.75, 3.05) is 18.0 Å². The van der Waals surface area contributed by atoms with Crippen LogP contribution < -0.4 is 10.2 Å². The molecule has 0 spiro atoms. The van der Waals surface area contributed by atoms with Crippen LogP contribution in [0.2, 0.25) is 10.0 Å². The summed E-state index contributed by atoms with van der Waals surface area (Å²) in [6.45, 7) is 11.4. The van der Waals surface area contributed by atoms with Crippen LogP contribution in [0.5, 0.6) is 0 Å². The minimum Gasteiger partial charge on any atom is -0.444 e. The summed E-state index contributed by atoms with van der Waals surface area (Å²) in [5.74, 6) is 1.07. The number of piperidine rings is 1. The molecule has 0 unspecified atom stereocenters. The number of hydrogen-bond donors (Lipinski definition) is 1. The second-order valence-corrected chi connectivity index (χ2v) is 10.7. The van der Waals surface area contributed by atoms with Gasteiger partial charge in [0.2, 0.25) is 0 Å². The lowest BCUT2D eigenvalue weighted by Crippen LogP contribution is -2.54. The fourth-order valence-electron chi connectivity index (χ4n) is 4.36. The number of imidazole rings is 1. The van der Waals surface area contributed by atoms with E-state index < -0.39 is 5.60 Å². The standard InChI is InChI=1S/C25H30Cl2N4O2/c1-16-15-19(30-12-9-25(5,10-13-30)29-23(32)33-24(2,3)4)31-14-11-28-22(31)20(16)17-7-6-8-18(26)21(17)27/h6-8,11,14-15H,9-10,12-13H2,1-5H3,(H,29,32). The summed E-state index contributed by atoms with van der Waals surface area (Å²) in [7, 11) is 0. The Hall–Kier alpha value is -2.44. The maximum atomic E-state index is 12.3. The number of ether oxygens (including phenoxy) is 1. The number of amides is 1. The van der Waals surface area contributed by atoms with Crippen LogP contribution in [0.1, 0.15) is 46.1 Å². The number of pyridine rings is 1. The third-order valence-electron chi connectivity index (χ3n) is 6.07. The van der Waals surface area contributed by atoms with Crippen molar-refractivity contribution in [3.05, 3.63) is 52.3 Å². The second-order valence-electron chi connectivity index (χ2n) is 9.96. The van der Waals surface area contributed by atoms with Crippen LogP contribution in [0.4, 0.5) is 10.6 Å². The highest BCUT2D eigenvalue weighted by Gasteiger charge is 2.34. The van der Waals surface area contributed by atoms with Crippen LogP contribution in [0, 0.1) is 6.92 Å². The number of fused-ring (bicyclic) bond motifs is 1. The molecule has 0 radical (unpaired) electrons. The van der Waals surface area contributed by atoms with Gasteiger partial charge in [-0.05, 0) is 65.2 Å². The summed E-state index contributed by atoms with van der Waals surface area (Å²) in [5, 5.41) is 4.13. The molecule has 8 heteroatoms. The summed E-state index contributed by atoms with van der Waals surface area (Å²) >= 11 is 12.8. The maximum Gasteiger partial charge on any atom is 0.408 e. The smallest absolute Gasteiger partial charge is 0.408 e. The molecule has 33 heavy (non-hydrogen) atoms. The van der Waals surface area contributed by atoms with Gasteiger partial charge in [-0.2, -0.15) is 0 Å². The molecule has 1 saturated heterocycles. The van der Waals surface area contributed by atoms with Gasteiger partial charge in [0.15, 0.2) is 0 Å². The zero-order valence-electron chi connectivity index (χ0n) is 19.7. The Morgan fingerprint density at radius 2 is 1.91 bits per heavy atom.